The zero-order chi connectivity index (χ0) is 21.5. The molecule has 2 aromatic rings. The quantitative estimate of drug-likeness (QED) is 0.358. The molecule has 10 nitrogen and oxygen atoms in total. The van der Waals surface area contributed by atoms with Crippen LogP contribution in [0, 0.1) is 10.1 Å². The molecule has 1 atom stereocenters. The van der Waals surface area contributed by atoms with Crippen molar-refractivity contribution in [2.45, 2.75) is 25.7 Å². The van der Waals surface area contributed by atoms with Gasteiger partial charge in [0.25, 0.3) is 11.6 Å². The van der Waals surface area contributed by atoms with Gasteiger partial charge in [0.2, 0.25) is 0 Å². The van der Waals surface area contributed by atoms with Crippen molar-refractivity contribution < 1.29 is 33.1 Å². The lowest BCUT2D eigenvalue weighted by molar-refractivity contribution is -0.385. The number of nitrogens with zero attached hydrogens (tertiary/aromatic N) is 1. The monoisotopic (exact) mass is 436 g/mol. The number of esters is 1. The largest absolute Gasteiger partial charge is 0.467 e. The number of amides is 1. The minimum Gasteiger partial charge on any atom is -0.467 e. The lowest BCUT2D eigenvalue weighted by atomic mass is 10.1. The number of carbonyl (C=O) groups is 2. The van der Waals surface area contributed by atoms with E-state index in [-0.39, 0.29) is 31.5 Å². The van der Waals surface area contributed by atoms with Gasteiger partial charge in [0.1, 0.15) is 18.4 Å². The van der Waals surface area contributed by atoms with Gasteiger partial charge in [-0.3, -0.25) is 14.9 Å². The van der Waals surface area contributed by atoms with Crippen molar-refractivity contribution in [2.24, 2.45) is 0 Å². The van der Waals surface area contributed by atoms with Crippen LogP contribution in [0.2, 0.25) is 0 Å². The summed E-state index contributed by atoms with van der Waals surface area (Å²) in [5, 5.41) is 13.8. The molecule has 0 unspecified atom stereocenters. The number of fused-ring (bicyclic) bond motifs is 1. The second-order valence-corrected chi connectivity index (χ2v) is 7.34. The molecule has 2 heterocycles. The summed E-state index contributed by atoms with van der Waals surface area (Å²) >= 11 is 1.52. The Morgan fingerprint density at radius 3 is 2.93 bits per heavy atom. The highest BCUT2D eigenvalue weighted by Crippen LogP contribution is 2.33. The second kappa shape index (κ2) is 10.1. The van der Waals surface area contributed by atoms with Crippen molar-refractivity contribution in [3.05, 3.63) is 57.5 Å². The third-order valence-corrected chi connectivity index (χ3v) is 4.94. The van der Waals surface area contributed by atoms with Gasteiger partial charge in [-0.15, -0.1) is 0 Å². The number of nitrogens with one attached hydrogen (secondary N) is 1. The number of rotatable bonds is 9. The molecule has 1 amide bonds. The maximum atomic E-state index is 12.6. The Kier molecular flexibility index (Phi) is 7.31. The van der Waals surface area contributed by atoms with Crippen LogP contribution >= 0.6 is 11.8 Å². The highest BCUT2D eigenvalue weighted by Gasteiger charge is 2.26. The summed E-state index contributed by atoms with van der Waals surface area (Å²) in [6, 6.07) is 4.83. The number of benzene rings is 1. The Balaban J connectivity index is 1.72. The molecule has 0 saturated heterocycles. The smallest absolute Gasteiger partial charge is 0.329 e. The number of hydrogen-bond donors (Lipinski definition) is 1. The molecule has 1 aromatic heterocycles. The van der Waals surface area contributed by atoms with Crippen LogP contribution in [-0.2, 0) is 27.5 Å². The average Bonchev–Trinajstić information content (AvgIpc) is 3.29. The van der Waals surface area contributed by atoms with Crippen LogP contribution in [-0.4, -0.2) is 41.6 Å². The van der Waals surface area contributed by atoms with Crippen LogP contribution in [0.5, 0.6) is 5.75 Å². The molecule has 3 rings (SSSR count). The first-order valence-electron chi connectivity index (χ1n) is 9.00. The summed E-state index contributed by atoms with van der Waals surface area (Å²) in [5.74, 6) is -0.0872. The molecule has 160 valence electrons. The number of nitro benzene ring substituents is 1. The van der Waals surface area contributed by atoms with Gasteiger partial charge in [-0.2, -0.15) is 11.8 Å². The third-order valence-electron chi connectivity index (χ3n) is 4.30. The number of non-ortho nitro benzene ring substituents is 1. The SMILES string of the molecule is CSCC[C@H](NC(=O)c1ccco1)C(=O)OCc1cc([N+](=O)[O-])cc2c1OCOC2. The lowest BCUT2D eigenvalue weighted by Crippen LogP contribution is -2.42. The minimum absolute atomic E-state index is 0.00130. The van der Waals surface area contributed by atoms with E-state index in [2.05, 4.69) is 5.32 Å². The molecule has 1 N–H and O–H groups in total. The fourth-order valence-electron chi connectivity index (χ4n) is 2.86. The van der Waals surface area contributed by atoms with E-state index in [0.29, 0.717) is 29.1 Å². The van der Waals surface area contributed by atoms with Crippen LogP contribution in [0.4, 0.5) is 5.69 Å². The van der Waals surface area contributed by atoms with Gasteiger partial charge in [-0.05, 0) is 30.6 Å². The number of nitro groups is 1. The highest BCUT2D eigenvalue weighted by atomic mass is 32.2. The molecule has 1 aliphatic heterocycles. The van der Waals surface area contributed by atoms with Crippen LogP contribution in [0.1, 0.15) is 28.1 Å². The van der Waals surface area contributed by atoms with Crippen LogP contribution < -0.4 is 10.1 Å². The van der Waals surface area contributed by atoms with Crippen molar-refractivity contribution in [2.75, 3.05) is 18.8 Å². The van der Waals surface area contributed by atoms with E-state index < -0.39 is 22.8 Å². The molecular weight excluding hydrogens is 416 g/mol. The Morgan fingerprint density at radius 1 is 1.40 bits per heavy atom. The van der Waals surface area contributed by atoms with Crippen molar-refractivity contribution in [1.82, 2.24) is 5.32 Å². The lowest BCUT2D eigenvalue weighted by Gasteiger charge is -2.21. The molecule has 0 radical (unpaired) electrons. The number of hydrogen-bond acceptors (Lipinski definition) is 9. The number of furan rings is 1. The topological polar surface area (TPSA) is 130 Å². The molecule has 0 fully saturated rings. The first-order valence-corrected chi connectivity index (χ1v) is 10.4. The first kappa shape index (κ1) is 21.7. The summed E-state index contributed by atoms with van der Waals surface area (Å²) in [7, 11) is 0. The van der Waals surface area contributed by atoms with Gasteiger partial charge in [0.05, 0.1) is 17.8 Å². The molecule has 1 aromatic carbocycles. The fourth-order valence-corrected chi connectivity index (χ4v) is 3.34. The van der Waals surface area contributed by atoms with Gasteiger partial charge in [-0.1, -0.05) is 0 Å². The molecule has 1 aliphatic rings. The Morgan fingerprint density at radius 2 is 2.23 bits per heavy atom. The number of carbonyl (C=O) groups excluding carboxylic acids is 2. The summed E-state index contributed by atoms with van der Waals surface area (Å²) < 4.78 is 21.0. The fraction of sp³-hybridized carbons (Fsp3) is 0.368. The number of thioether (sulfide) groups is 1. The van der Waals surface area contributed by atoms with Gasteiger partial charge < -0.3 is 23.9 Å². The normalized spacial score (nSPS) is 13.6. The van der Waals surface area contributed by atoms with Gasteiger partial charge in [0.15, 0.2) is 12.6 Å². The Hall–Kier alpha value is -3.05. The standard InChI is InChI=1S/C19H20N2O8S/c1-30-6-4-15(20-18(22)16-3-2-5-27-16)19(23)28-10-13-8-14(21(24)25)7-12-9-26-11-29-17(12)13/h2-3,5,7-8,15H,4,6,9-11H2,1H3,(H,20,22)/t15-/m0/s1. The predicted octanol–water partition coefficient (Wildman–Crippen LogP) is 2.65. The van der Waals surface area contributed by atoms with Crippen LogP contribution in [0.3, 0.4) is 0 Å². The Bertz CT molecular complexity index is 916. The van der Waals surface area contributed by atoms with E-state index in [1.165, 1.54) is 36.2 Å². The van der Waals surface area contributed by atoms with Crippen LogP contribution in [0.25, 0.3) is 0 Å². The van der Waals surface area contributed by atoms with Gasteiger partial charge >= 0.3 is 5.97 Å². The molecule has 0 bridgehead atoms. The van der Waals surface area contributed by atoms with Crippen molar-refractivity contribution in [1.29, 1.82) is 0 Å². The van der Waals surface area contributed by atoms with Crippen molar-refractivity contribution in [3.8, 4) is 5.75 Å². The maximum Gasteiger partial charge on any atom is 0.329 e. The maximum absolute atomic E-state index is 12.6. The van der Waals surface area contributed by atoms with E-state index in [9.17, 15) is 19.7 Å². The summed E-state index contributed by atoms with van der Waals surface area (Å²) in [5.41, 5.74) is 0.710. The second-order valence-electron chi connectivity index (χ2n) is 6.35. The minimum atomic E-state index is -0.895. The van der Waals surface area contributed by atoms with Crippen molar-refractivity contribution in [3.63, 3.8) is 0 Å². The van der Waals surface area contributed by atoms with E-state index in [4.69, 9.17) is 18.6 Å². The van der Waals surface area contributed by atoms with E-state index in [1.807, 2.05) is 6.26 Å². The molecule has 0 spiro atoms. The molecular formula is C19H20N2O8S. The van der Waals surface area contributed by atoms with E-state index in [1.54, 1.807) is 6.07 Å². The van der Waals surface area contributed by atoms with Crippen LogP contribution in [0.15, 0.2) is 34.9 Å². The third kappa shape index (κ3) is 5.30. The molecule has 0 saturated carbocycles. The molecule has 11 heteroatoms. The highest BCUT2D eigenvalue weighted by molar-refractivity contribution is 7.98. The van der Waals surface area contributed by atoms with Gasteiger partial charge in [0, 0.05) is 23.3 Å². The average molecular weight is 436 g/mol. The number of ether oxygens (including phenoxy) is 3. The van der Waals surface area contributed by atoms with E-state index in [0.717, 1.165) is 0 Å². The molecule has 30 heavy (non-hydrogen) atoms. The zero-order valence-corrected chi connectivity index (χ0v) is 16.9. The first-order chi connectivity index (χ1) is 14.5. The predicted molar refractivity (Wildman–Crippen MR) is 106 cm³/mol. The zero-order valence-electron chi connectivity index (χ0n) is 16.1. The molecule has 0 aliphatic carbocycles. The van der Waals surface area contributed by atoms with Gasteiger partial charge in [-0.25, -0.2) is 4.79 Å². The Labute approximate surface area is 176 Å². The summed E-state index contributed by atoms with van der Waals surface area (Å²) in [4.78, 5) is 35.5. The van der Waals surface area contributed by atoms with Crippen molar-refractivity contribution >= 4 is 29.3 Å². The van der Waals surface area contributed by atoms with E-state index >= 15 is 0 Å². The summed E-state index contributed by atoms with van der Waals surface area (Å²) in [6.07, 6.45) is 3.59. The summed E-state index contributed by atoms with van der Waals surface area (Å²) in [6.45, 7) is -0.0793.